The molecule has 7 aromatic rings. The summed E-state index contributed by atoms with van der Waals surface area (Å²) >= 11 is 0. The zero-order chi connectivity index (χ0) is 26.8. The van der Waals surface area contributed by atoms with Crippen LogP contribution in [-0.2, 0) is 0 Å². The van der Waals surface area contributed by atoms with Gasteiger partial charge in [-0.1, -0.05) is 103 Å². The number of hydrogen-bond donors (Lipinski definition) is 0. The summed E-state index contributed by atoms with van der Waals surface area (Å²) in [6, 6.07) is 41.1. The molecule has 188 valence electrons. The van der Waals surface area contributed by atoms with Gasteiger partial charge in [0.05, 0.1) is 24.1 Å². The standard InChI is InChI=1S/C37H23NO2/c1-40-32-20-18-24-11-4-7-15-27(24)34(32)36-35-30(37(39)29-19-17-23-10-3-6-14-26(23)33(29)35)21-31(38-36)28-16-8-12-22-9-2-5-13-25(22)28/h2-21H,1H3. The van der Waals surface area contributed by atoms with Gasteiger partial charge in [0.2, 0.25) is 0 Å². The van der Waals surface area contributed by atoms with E-state index in [1.165, 1.54) is 0 Å². The Balaban J connectivity index is 1.56. The molecule has 0 amide bonds. The highest BCUT2D eigenvalue weighted by Gasteiger charge is 2.34. The summed E-state index contributed by atoms with van der Waals surface area (Å²) in [5.74, 6) is 0.754. The molecule has 0 bridgehead atoms. The van der Waals surface area contributed by atoms with Gasteiger partial charge in [-0.15, -0.1) is 0 Å². The summed E-state index contributed by atoms with van der Waals surface area (Å²) in [4.78, 5) is 19.5. The normalized spacial score (nSPS) is 12.2. The molecule has 40 heavy (non-hydrogen) atoms. The number of hydrogen-bond acceptors (Lipinski definition) is 3. The van der Waals surface area contributed by atoms with Crippen molar-refractivity contribution in [2.45, 2.75) is 0 Å². The van der Waals surface area contributed by atoms with Crippen molar-refractivity contribution in [1.82, 2.24) is 4.98 Å². The van der Waals surface area contributed by atoms with E-state index in [2.05, 4.69) is 60.7 Å². The van der Waals surface area contributed by atoms with Crippen molar-refractivity contribution >= 4 is 38.1 Å². The molecule has 0 fully saturated rings. The lowest BCUT2D eigenvalue weighted by Crippen LogP contribution is -2.00. The maximum atomic E-state index is 14.1. The van der Waals surface area contributed by atoms with Crippen LogP contribution in [-0.4, -0.2) is 17.9 Å². The van der Waals surface area contributed by atoms with E-state index in [0.29, 0.717) is 11.1 Å². The lowest BCUT2D eigenvalue weighted by molar-refractivity contribution is 0.104. The van der Waals surface area contributed by atoms with E-state index in [9.17, 15) is 4.79 Å². The Kier molecular flexibility index (Phi) is 4.89. The first kappa shape index (κ1) is 22.7. The highest BCUT2D eigenvalue weighted by molar-refractivity contribution is 6.28. The minimum Gasteiger partial charge on any atom is -0.496 e. The minimum absolute atomic E-state index is 0.0279. The lowest BCUT2D eigenvalue weighted by atomic mass is 9.91. The summed E-state index contributed by atoms with van der Waals surface area (Å²) in [6.07, 6.45) is 0. The van der Waals surface area contributed by atoms with Crippen molar-refractivity contribution in [3.63, 3.8) is 0 Å². The number of aromatic nitrogens is 1. The summed E-state index contributed by atoms with van der Waals surface area (Å²) in [7, 11) is 1.69. The van der Waals surface area contributed by atoms with Gasteiger partial charge in [-0.25, -0.2) is 4.98 Å². The molecule has 3 nitrogen and oxygen atoms in total. The smallest absolute Gasteiger partial charge is 0.194 e. The Hall–Kier alpha value is -5.28. The Bertz CT molecular complexity index is 2170. The molecule has 8 rings (SSSR count). The molecule has 1 aliphatic carbocycles. The molecular weight excluding hydrogens is 490 g/mol. The Labute approximate surface area is 231 Å². The zero-order valence-corrected chi connectivity index (χ0v) is 21.8. The summed E-state index contributed by atoms with van der Waals surface area (Å²) in [6.45, 7) is 0. The van der Waals surface area contributed by atoms with Crippen LogP contribution in [0.3, 0.4) is 0 Å². The number of ketones is 1. The second kappa shape index (κ2) is 8.62. The van der Waals surface area contributed by atoms with Crippen molar-refractivity contribution in [1.29, 1.82) is 0 Å². The molecule has 0 saturated carbocycles. The Morgan fingerprint density at radius 2 is 1.12 bits per heavy atom. The molecule has 6 aromatic carbocycles. The van der Waals surface area contributed by atoms with Crippen molar-refractivity contribution in [2.24, 2.45) is 0 Å². The van der Waals surface area contributed by atoms with Gasteiger partial charge in [0.1, 0.15) is 5.75 Å². The first-order chi connectivity index (χ1) is 19.7. The van der Waals surface area contributed by atoms with E-state index in [1.54, 1.807) is 7.11 Å². The van der Waals surface area contributed by atoms with Gasteiger partial charge in [0, 0.05) is 27.8 Å². The van der Waals surface area contributed by atoms with Gasteiger partial charge in [-0.3, -0.25) is 4.79 Å². The lowest BCUT2D eigenvalue weighted by Gasteiger charge is -2.18. The van der Waals surface area contributed by atoms with Crippen molar-refractivity contribution < 1.29 is 9.53 Å². The third-order valence-electron chi connectivity index (χ3n) is 8.10. The Morgan fingerprint density at radius 1 is 0.525 bits per heavy atom. The number of pyridine rings is 1. The van der Waals surface area contributed by atoms with Crippen LogP contribution in [0.5, 0.6) is 5.75 Å². The summed E-state index contributed by atoms with van der Waals surface area (Å²) < 4.78 is 5.96. The maximum Gasteiger partial charge on any atom is 0.194 e. The van der Waals surface area contributed by atoms with Crippen LogP contribution in [0.15, 0.2) is 121 Å². The van der Waals surface area contributed by atoms with E-state index >= 15 is 0 Å². The first-order valence-electron chi connectivity index (χ1n) is 13.4. The van der Waals surface area contributed by atoms with E-state index in [0.717, 1.165) is 71.7 Å². The topological polar surface area (TPSA) is 39.2 Å². The summed E-state index contributed by atoms with van der Waals surface area (Å²) in [5, 5.41) is 6.50. The van der Waals surface area contributed by atoms with Gasteiger partial charge in [-0.2, -0.15) is 0 Å². The van der Waals surface area contributed by atoms with E-state index in [-0.39, 0.29) is 5.78 Å². The SMILES string of the molecule is COc1ccc2ccccc2c1-c1nc(-c2cccc3ccccc23)cc2c1-c1c(ccc3ccccc13)C2=O. The molecule has 0 atom stereocenters. The van der Waals surface area contributed by atoms with Gasteiger partial charge in [0.25, 0.3) is 0 Å². The third kappa shape index (κ3) is 3.18. The van der Waals surface area contributed by atoms with Crippen LogP contribution in [0.2, 0.25) is 0 Å². The fraction of sp³-hybridized carbons (Fsp3) is 0.0270. The number of carbonyl (C=O) groups excluding carboxylic acids is 1. The quantitative estimate of drug-likeness (QED) is 0.236. The van der Waals surface area contributed by atoms with Crippen LogP contribution < -0.4 is 4.74 Å². The second-order valence-electron chi connectivity index (χ2n) is 10.2. The first-order valence-corrected chi connectivity index (χ1v) is 13.4. The summed E-state index contributed by atoms with van der Waals surface area (Å²) in [5.41, 5.74) is 6.63. The number of rotatable bonds is 3. The number of carbonyl (C=O) groups is 1. The van der Waals surface area contributed by atoms with E-state index in [1.807, 2.05) is 60.7 Å². The maximum absolute atomic E-state index is 14.1. The van der Waals surface area contributed by atoms with Crippen LogP contribution in [0.1, 0.15) is 15.9 Å². The van der Waals surface area contributed by atoms with Crippen LogP contribution >= 0.6 is 0 Å². The molecule has 3 heteroatoms. The number of benzene rings is 6. The fourth-order valence-electron chi connectivity index (χ4n) is 6.29. The van der Waals surface area contributed by atoms with Crippen molar-refractivity contribution in [2.75, 3.05) is 7.11 Å². The largest absolute Gasteiger partial charge is 0.496 e. The molecule has 0 spiro atoms. The van der Waals surface area contributed by atoms with E-state index in [4.69, 9.17) is 9.72 Å². The average molecular weight is 514 g/mol. The molecule has 0 unspecified atom stereocenters. The molecule has 1 aromatic heterocycles. The second-order valence-corrected chi connectivity index (χ2v) is 10.2. The molecule has 0 radical (unpaired) electrons. The monoisotopic (exact) mass is 513 g/mol. The van der Waals surface area contributed by atoms with Crippen LogP contribution in [0, 0.1) is 0 Å². The molecule has 0 N–H and O–H groups in total. The Morgan fingerprint density at radius 3 is 1.85 bits per heavy atom. The molecule has 0 aliphatic heterocycles. The number of fused-ring (bicyclic) bond motifs is 7. The number of methoxy groups -OCH3 is 1. The zero-order valence-electron chi connectivity index (χ0n) is 21.8. The molecule has 1 heterocycles. The van der Waals surface area contributed by atoms with Crippen LogP contribution in [0.4, 0.5) is 0 Å². The van der Waals surface area contributed by atoms with Gasteiger partial charge < -0.3 is 4.74 Å². The van der Waals surface area contributed by atoms with Gasteiger partial charge in [-0.05, 0) is 50.5 Å². The molecular formula is C37H23NO2. The van der Waals surface area contributed by atoms with Gasteiger partial charge in [0.15, 0.2) is 5.78 Å². The van der Waals surface area contributed by atoms with Crippen LogP contribution in [0.25, 0.3) is 66.0 Å². The van der Waals surface area contributed by atoms with Crippen molar-refractivity contribution in [3.8, 4) is 39.4 Å². The van der Waals surface area contributed by atoms with E-state index < -0.39 is 0 Å². The number of nitrogens with zero attached hydrogens (tertiary/aromatic N) is 1. The number of ether oxygens (including phenoxy) is 1. The van der Waals surface area contributed by atoms with Gasteiger partial charge >= 0.3 is 0 Å². The molecule has 0 saturated heterocycles. The highest BCUT2D eigenvalue weighted by Crippen LogP contribution is 2.50. The fourth-order valence-corrected chi connectivity index (χ4v) is 6.29. The molecule has 1 aliphatic rings. The minimum atomic E-state index is 0.0279. The predicted molar refractivity (Wildman–Crippen MR) is 163 cm³/mol. The third-order valence-corrected chi connectivity index (χ3v) is 8.10. The average Bonchev–Trinajstić information content (AvgIpc) is 3.31. The predicted octanol–water partition coefficient (Wildman–Crippen LogP) is 9.10. The highest BCUT2D eigenvalue weighted by atomic mass is 16.5. The van der Waals surface area contributed by atoms with Crippen molar-refractivity contribution in [3.05, 3.63) is 132 Å².